The molecule has 0 bridgehead atoms. The molecule has 0 aliphatic heterocycles. The van der Waals surface area contributed by atoms with Crippen molar-refractivity contribution in [3.05, 3.63) is 35.4 Å². The minimum absolute atomic E-state index is 0. The van der Waals surface area contributed by atoms with Crippen LogP contribution in [0.1, 0.15) is 30.4 Å². The molecule has 0 amide bonds. The van der Waals surface area contributed by atoms with Gasteiger partial charge in [0.15, 0.2) is 0 Å². The summed E-state index contributed by atoms with van der Waals surface area (Å²) in [5.41, 5.74) is 8.70. The van der Waals surface area contributed by atoms with Crippen LogP contribution in [0.25, 0.3) is 0 Å². The highest BCUT2D eigenvalue weighted by atomic mass is 35.5. The Bertz CT molecular complexity index is 298. The van der Waals surface area contributed by atoms with Gasteiger partial charge in [-0.3, -0.25) is 0 Å². The highest BCUT2D eigenvalue weighted by Crippen LogP contribution is 2.47. The minimum Gasteiger partial charge on any atom is -0.330 e. The van der Waals surface area contributed by atoms with Gasteiger partial charge in [0.25, 0.3) is 0 Å². The molecule has 1 aromatic carbocycles. The Morgan fingerprint density at radius 1 is 1.36 bits per heavy atom. The minimum atomic E-state index is 0. The summed E-state index contributed by atoms with van der Waals surface area (Å²) in [5, 5.41) is 0. The van der Waals surface area contributed by atoms with Gasteiger partial charge in [0, 0.05) is 0 Å². The van der Waals surface area contributed by atoms with Crippen molar-refractivity contribution in [3.63, 3.8) is 0 Å². The summed E-state index contributed by atoms with van der Waals surface area (Å²) in [6.07, 6.45) is 2.44. The Morgan fingerprint density at radius 2 is 2.07 bits per heavy atom. The first-order valence-electron chi connectivity index (χ1n) is 5.14. The lowest BCUT2D eigenvalue weighted by molar-refractivity contribution is 0.804. The average molecular weight is 212 g/mol. The van der Waals surface area contributed by atoms with Crippen LogP contribution < -0.4 is 5.73 Å². The van der Waals surface area contributed by atoms with Crippen molar-refractivity contribution in [1.29, 1.82) is 0 Å². The Morgan fingerprint density at radius 3 is 2.64 bits per heavy atom. The smallest absolute Gasteiger partial charge is 0.00428 e. The molecule has 2 atom stereocenters. The van der Waals surface area contributed by atoms with Gasteiger partial charge in [-0.25, -0.2) is 0 Å². The van der Waals surface area contributed by atoms with Crippen molar-refractivity contribution < 1.29 is 0 Å². The maximum absolute atomic E-state index is 5.65. The largest absolute Gasteiger partial charge is 0.330 e. The number of hydrogen-bond acceptors (Lipinski definition) is 1. The lowest BCUT2D eigenvalue weighted by Gasteiger charge is -2.05. The molecule has 1 aliphatic rings. The topological polar surface area (TPSA) is 26.0 Å². The third kappa shape index (κ3) is 2.10. The molecule has 2 rings (SSSR count). The first kappa shape index (κ1) is 11.5. The first-order chi connectivity index (χ1) is 6.36. The number of benzene rings is 1. The molecular formula is C12H18ClN. The summed E-state index contributed by atoms with van der Waals surface area (Å²) >= 11 is 0. The van der Waals surface area contributed by atoms with E-state index in [4.69, 9.17) is 5.73 Å². The van der Waals surface area contributed by atoms with E-state index in [9.17, 15) is 0 Å². The highest BCUT2D eigenvalue weighted by molar-refractivity contribution is 5.85. The van der Waals surface area contributed by atoms with E-state index in [2.05, 4.69) is 31.2 Å². The quantitative estimate of drug-likeness (QED) is 0.818. The van der Waals surface area contributed by atoms with E-state index in [-0.39, 0.29) is 12.4 Å². The molecular weight excluding hydrogens is 194 g/mol. The zero-order chi connectivity index (χ0) is 9.26. The molecule has 0 spiro atoms. The van der Waals surface area contributed by atoms with Gasteiger partial charge < -0.3 is 5.73 Å². The summed E-state index contributed by atoms with van der Waals surface area (Å²) in [7, 11) is 0. The number of hydrogen-bond donors (Lipinski definition) is 1. The molecule has 0 radical (unpaired) electrons. The van der Waals surface area contributed by atoms with Crippen LogP contribution in [0.4, 0.5) is 0 Å². The summed E-state index contributed by atoms with van der Waals surface area (Å²) in [5.74, 6) is 1.52. The second-order valence-corrected chi connectivity index (χ2v) is 3.89. The van der Waals surface area contributed by atoms with Crippen LogP contribution in [-0.4, -0.2) is 6.54 Å². The van der Waals surface area contributed by atoms with E-state index >= 15 is 0 Å². The molecule has 1 aliphatic carbocycles. The second kappa shape index (κ2) is 4.81. The molecule has 0 aromatic heterocycles. The van der Waals surface area contributed by atoms with Crippen LogP contribution in [0.3, 0.4) is 0 Å². The summed E-state index contributed by atoms with van der Waals surface area (Å²) in [6.45, 7) is 3.07. The van der Waals surface area contributed by atoms with Gasteiger partial charge in [-0.1, -0.05) is 31.2 Å². The SMILES string of the molecule is CCc1ccccc1C1CC1CN.Cl. The van der Waals surface area contributed by atoms with E-state index in [1.165, 1.54) is 12.0 Å². The zero-order valence-corrected chi connectivity index (χ0v) is 9.39. The van der Waals surface area contributed by atoms with Crippen molar-refractivity contribution in [3.8, 4) is 0 Å². The molecule has 1 nitrogen and oxygen atoms in total. The predicted molar refractivity (Wildman–Crippen MR) is 63.0 cm³/mol. The Hall–Kier alpha value is -0.530. The van der Waals surface area contributed by atoms with Gasteiger partial charge in [-0.2, -0.15) is 0 Å². The van der Waals surface area contributed by atoms with E-state index < -0.39 is 0 Å². The van der Waals surface area contributed by atoms with Gasteiger partial charge in [0.05, 0.1) is 0 Å². The maximum Gasteiger partial charge on any atom is -0.00428 e. The zero-order valence-electron chi connectivity index (χ0n) is 8.57. The molecule has 2 heteroatoms. The van der Waals surface area contributed by atoms with Crippen LogP contribution in [0, 0.1) is 5.92 Å². The molecule has 0 saturated heterocycles. The lowest BCUT2D eigenvalue weighted by Crippen LogP contribution is -2.02. The fraction of sp³-hybridized carbons (Fsp3) is 0.500. The van der Waals surface area contributed by atoms with Crippen molar-refractivity contribution in [2.75, 3.05) is 6.54 Å². The highest BCUT2D eigenvalue weighted by Gasteiger charge is 2.37. The fourth-order valence-corrected chi connectivity index (χ4v) is 2.11. The molecule has 2 unspecified atom stereocenters. The summed E-state index contributed by atoms with van der Waals surface area (Å²) < 4.78 is 0. The lowest BCUT2D eigenvalue weighted by atomic mass is 10.0. The Labute approximate surface area is 92.1 Å². The first-order valence-corrected chi connectivity index (χ1v) is 5.14. The van der Waals surface area contributed by atoms with Crippen molar-refractivity contribution in [2.24, 2.45) is 11.7 Å². The van der Waals surface area contributed by atoms with Crippen LogP contribution in [-0.2, 0) is 6.42 Å². The monoisotopic (exact) mass is 211 g/mol. The molecule has 0 heterocycles. The fourth-order valence-electron chi connectivity index (χ4n) is 2.11. The molecule has 2 N–H and O–H groups in total. The Balaban J connectivity index is 0.000000980. The molecule has 1 fully saturated rings. The summed E-state index contributed by atoms with van der Waals surface area (Å²) in [4.78, 5) is 0. The number of aryl methyl sites for hydroxylation is 1. The normalized spacial score (nSPS) is 24.1. The van der Waals surface area contributed by atoms with Crippen LogP contribution >= 0.6 is 12.4 Å². The number of halogens is 1. The van der Waals surface area contributed by atoms with Crippen LogP contribution in [0.2, 0.25) is 0 Å². The van der Waals surface area contributed by atoms with Crippen LogP contribution in [0.5, 0.6) is 0 Å². The van der Waals surface area contributed by atoms with Gasteiger partial charge in [0.1, 0.15) is 0 Å². The van der Waals surface area contributed by atoms with Gasteiger partial charge in [-0.05, 0) is 42.3 Å². The standard InChI is InChI=1S/C12H17N.ClH/c1-2-9-5-3-4-6-11(9)12-7-10(12)8-13;/h3-6,10,12H,2,7-8,13H2,1H3;1H. The predicted octanol–water partition coefficient (Wildman–Crippen LogP) is 2.73. The summed E-state index contributed by atoms with van der Waals surface area (Å²) in [6, 6.07) is 8.77. The Kier molecular flexibility index (Phi) is 3.97. The van der Waals surface area contributed by atoms with E-state index in [1.54, 1.807) is 5.56 Å². The van der Waals surface area contributed by atoms with Crippen LogP contribution in [0.15, 0.2) is 24.3 Å². The number of nitrogens with two attached hydrogens (primary N) is 1. The van der Waals surface area contributed by atoms with Crippen molar-refractivity contribution >= 4 is 12.4 Å². The van der Waals surface area contributed by atoms with E-state index in [1.807, 2.05) is 0 Å². The second-order valence-electron chi connectivity index (χ2n) is 3.89. The molecule has 1 aromatic rings. The van der Waals surface area contributed by atoms with Crippen molar-refractivity contribution in [1.82, 2.24) is 0 Å². The van der Waals surface area contributed by atoms with Gasteiger partial charge >= 0.3 is 0 Å². The third-order valence-corrected chi connectivity index (χ3v) is 3.06. The van der Waals surface area contributed by atoms with Gasteiger partial charge in [-0.15, -0.1) is 12.4 Å². The van der Waals surface area contributed by atoms with E-state index in [0.29, 0.717) is 0 Å². The third-order valence-electron chi connectivity index (χ3n) is 3.06. The van der Waals surface area contributed by atoms with Crippen molar-refractivity contribution in [2.45, 2.75) is 25.7 Å². The van der Waals surface area contributed by atoms with E-state index in [0.717, 1.165) is 24.8 Å². The maximum atomic E-state index is 5.65. The van der Waals surface area contributed by atoms with Gasteiger partial charge in [0.2, 0.25) is 0 Å². The molecule has 1 saturated carbocycles. The molecule has 78 valence electrons. The number of rotatable bonds is 3. The average Bonchev–Trinajstić information content (AvgIpc) is 2.96. The molecule has 14 heavy (non-hydrogen) atoms.